The van der Waals surface area contributed by atoms with Crippen LogP contribution < -0.4 is 0 Å². The molecule has 1 rings (SSSR count). The van der Waals surface area contributed by atoms with Crippen LogP contribution in [0.4, 0.5) is 0 Å². The Labute approximate surface area is 60.8 Å². The number of rotatable bonds is 0. The number of hydrogen-bond donors (Lipinski definition) is 0. The Morgan fingerprint density at radius 3 is 2.25 bits per heavy atom. The van der Waals surface area contributed by atoms with E-state index in [0.717, 1.165) is 4.83 Å². The lowest BCUT2D eigenvalue weighted by molar-refractivity contribution is 0.972. The summed E-state index contributed by atoms with van der Waals surface area (Å²) < 4.78 is 0. The van der Waals surface area contributed by atoms with Gasteiger partial charge in [0.15, 0.2) is 0 Å². The lowest BCUT2D eigenvalue weighted by Crippen LogP contribution is -2.19. The maximum Gasteiger partial charge on any atom is 0.0485 e. The Hall–Kier alpha value is 0.697. The monoisotopic (exact) mass is 192 g/mol. The molecule has 0 aromatic carbocycles. The Balaban J connectivity index is 2.44. The van der Waals surface area contributed by atoms with Crippen molar-refractivity contribution in [3.8, 4) is 0 Å². The van der Waals surface area contributed by atoms with Gasteiger partial charge in [-0.3, -0.25) is 0 Å². The summed E-state index contributed by atoms with van der Waals surface area (Å²) in [6.07, 6.45) is 1.43. The van der Waals surface area contributed by atoms with Crippen LogP contribution in [0.25, 0.3) is 0 Å². The van der Waals surface area contributed by atoms with Gasteiger partial charge in [-0.15, -0.1) is 0 Å². The van der Waals surface area contributed by atoms with E-state index in [9.17, 15) is 0 Å². The van der Waals surface area contributed by atoms with Crippen molar-refractivity contribution < 1.29 is 0 Å². The summed E-state index contributed by atoms with van der Waals surface area (Å²) in [4.78, 5) is 0.865. The third kappa shape index (κ3) is 1.59. The zero-order valence-electron chi connectivity index (χ0n) is 5.58. The number of alkyl halides is 1. The lowest BCUT2D eigenvalue weighted by Gasteiger charge is -2.11. The molecule has 0 N–H and O–H groups in total. The van der Waals surface area contributed by atoms with Crippen LogP contribution in [-0.2, 0) is 0 Å². The molecule has 1 atom stereocenters. The first kappa shape index (κ1) is 6.81. The molecule has 0 spiro atoms. The van der Waals surface area contributed by atoms with Crippen LogP contribution in [0, 0.1) is 0 Å². The summed E-state index contributed by atoms with van der Waals surface area (Å²) in [5.41, 5.74) is 0. The van der Waals surface area contributed by atoms with Gasteiger partial charge in [-0.1, -0.05) is 35.1 Å². The van der Waals surface area contributed by atoms with Crippen LogP contribution in [0.3, 0.4) is 0 Å². The molecule has 0 nitrogen and oxygen atoms in total. The quantitative estimate of drug-likeness (QED) is 0.410. The molecule has 0 saturated carbocycles. The average Bonchev–Trinajstić information content (AvgIpc) is 1.82. The van der Waals surface area contributed by atoms with Gasteiger partial charge in [-0.25, -0.2) is 0 Å². The summed E-state index contributed by atoms with van der Waals surface area (Å²) in [5.74, 6) is 0. The second-order valence-corrected chi connectivity index (χ2v) is 10.0. The van der Waals surface area contributed by atoms with Gasteiger partial charge in [0.25, 0.3) is 0 Å². The van der Waals surface area contributed by atoms with Gasteiger partial charge in [0, 0.05) is 12.9 Å². The van der Waals surface area contributed by atoms with E-state index in [1.807, 2.05) is 0 Å². The van der Waals surface area contributed by atoms with E-state index in [-0.39, 0.29) is 0 Å². The first-order valence-electron chi connectivity index (χ1n) is 3.24. The van der Waals surface area contributed by atoms with Crippen molar-refractivity contribution in [2.75, 3.05) is 0 Å². The Morgan fingerprint density at radius 2 is 2.12 bits per heavy atom. The maximum atomic E-state index is 3.65. The van der Waals surface area contributed by atoms with Crippen molar-refractivity contribution in [1.82, 2.24) is 0 Å². The molecule has 1 fully saturated rings. The van der Waals surface area contributed by atoms with Crippen LogP contribution in [-0.4, -0.2) is 12.9 Å². The summed E-state index contributed by atoms with van der Waals surface area (Å²) in [7, 11) is -0.650. The van der Waals surface area contributed by atoms with E-state index < -0.39 is 8.07 Å². The van der Waals surface area contributed by atoms with Gasteiger partial charge in [0.1, 0.15) is 0 Å². The molecular formula is C6H13BrSi. The summed E-state index contributed by atoms with van der Waals surface area (Å²) >= 11 is 3.65. The highest BCUT2D eigenvalue weighted by atomic mass is 79.9. The minimum atomic E-state index is -0.650. The van der Waals surface area contributed by atoms with Crippen LogP contribution >= 0.6 is 15.9 Å². The average molecular weight is 193 g/mol. The fourth-order valence-electron chi connectivity index (χ4n) is 1.35. The van der Waals surface area contributed by atoms with Gasteiger partial charge in [0.05, 0.1) is 0 Å². The van der Waals surface area contributed by atoms with Gasteiger partial charge in [-0.2, -0.15) is 0 Å². The predicted octanol–water partition coefficient (Wildman–Crippen LogP) is 2.86. The maximum absolute atomic E-state index is 3.65. The van der Waals surface area contributed by atoms with Crippen molar-refractivity contribution in [2.24, 2.45) is 0 Å². The van der Waals surface area contributed by atoms with Crippen molar-refractivity contribution in [2.45, 2.75) is 36.4 Å². The standard InChI is InChI=1S/C6H13BrSi/c1-8(2)4-3-6(7)5-8/h6H,3-5H2,1-2H3/t6-/m1/s1. The van der Waals surface area contributed by atoms with Gasteiger partial charge < -0.3 is 0 Å². The fourth-order valence-corrected chi connectivity index (χ4v) is 7.37. The second-order valence-electron chi connectivity index (χ2n) is 3.50. The van der Waals surface area contributed by atoms with Crippen LogP contribution in [0.5, 0.6) is 0 Å². The first-order chi connectivity index (χ1) is 3.60. The lowest BCUT2D eigenvalue weighted by atomic mass is 10.4. The van der Waals surface area contributed by atoms with E-state index in [2.05, 4.69) is 29.0 Å². The highest BCUT2D eigenvalue weighted by Gasteiger charge is 2.30. The third-order valence-corrected chi connectivity index (χ3v) is 6.53. The molecule has 1 aliphatic rings. The zero-order chi connectivity index (χ0) is 6.20. The Kier molecular flexibility index (Phi) is 1.82. The molecule has 2 heteroatoms. The molecule has 0 aromatic heterocycles. The number of hydrogen-bond acceptors (Lipinski definition) is 0. The molecule has 1 aliphatic heterocycles. The van der Waals surface area contributed by atoms with Crippen LogP contribution in [0.2, 0.25) is 25.2 Å². The highest BCUT2D eigenvalue weighted by molar-refractivity contribution is 9.09. The largest absolute Gasteiger partial charge is 0.0894 e. The zero-order valence-corrected chi connectivity index (χ0v) is 8.16. The van der Waals surface area contributed by atoms with E-state index in [0.29, 0.717) is 0 Å². The van der Waals surface area contributed by atoms with E-state index in [4.69, 9.17) is 0 Å². The Morgan fingerprint density at radius 1 is 1.50 bits per heavy atom. The molecule has 1 saturated heterocycles. The molecule has 8 heavy (non-hydrogen) atoms. The molecule has 0 aromatic rings. The molecule has 0 aliphatic carbocycles. The van der Waals surface area contributed by atoms with Gasteiger partial charge >= 0.3 is 0 Å². The predicted molar refractivity (Wildman–Crippen MR) is 44.4 cm³/mol. The normalized spacial score (nSPS) is 35.6. The van der Waals surface area contributed by atoms with Crippen molar-refractivity contribution in [1.29, 1.82) is 0 Å². The molecule has 0 amide bonds. The minimum absolute atomic E-state index is 0.650. The third-order valence-electron chi connectivity index (χ3n) is 1.91. The molecular weight excluding hydrogens is 180 g/mol. The SMILES string of the molecule is C[Si]1(C)CC[C@@H](Br)C1. The fraction of sp³-hybridized carbons (Fsp3) is 1.00. The molecule has 0 radical (unpaired) electrons. The molecule has 1 heterocycles. The minimum Gasteiger partial charge on any atom is -0.0894 e. The molecule has 0 bridgehead atoms. The topological polar surface area (TPSA) is 0 Å². The van der Waals surface area contributed by atoms with Crippen molar-refractivity contribution in [3.63, 3.8) is 0 Å². The second kappa shape index (κ2) is 2.14. The van der Waals surface area contributed by atoms with Gasteiger partial charge in [-0.05, 0) is 12.5 Å². The molecule has 48 valence electrons. The molecule has 0 unspecified atom stereocenters. The number of halogens is 1. The van der Waals surface area contributed by atoms with Crippen molar-refractivity contribution in [3.05, 3.63) is 0 Å². The van der Waals surface area contributed by atoms with E-state index in [1.54, 1.807) is 0 Å². The smallest absolute Gasteiger partial charge is 0.0485 e. The van der Waals surface area contributed by atoms with E-state index in [1.165, 1.54) is 18.5 Å². The highest BCUT2D eigenvalue weighted by Crippen LogP contribution is 2.34. The summed E-state index contributed by atoms with van der Waals surface area (Å²) in [6.45, 7) is 4.96. The summed E-state index contributed by atoms with van der Waals surface area (Å²) in [5, 5.41) is 0. The summed E-state index contributed by atoms with van der Waals surface area (Å²) in [6, 6.07) is 3.02. The van der Waals surface area contributed by atoms with Crippen LogP contribution in [0.15, 0.2) is 0 Å². The van der Waals surface area contributed by atoms with Crippen molar-refractivity contribution >= 4 is 24.0 Å². The first-order valence-corrected chi connectivity index (χ1v) is 7.57. The van der Waals surface area contributed by atoms with E-state index >= 15 is 0 Å². The van der Waals surface area contributed by atoms with Crippen LogP contribution in [0.1, 0.15) is 6.42 Å². The van der Waals surface area contributed by atoms with Gasteiger partial charge in [0.2, 0.25) is 0 Å². The Bertz CT molecular complexity index is 90.5.